The molecule has 0 radical (unpaired) electrons. The van der Waals surface area contributed by atoms with Gasteiger partial charge in [-0.2, -0.15) is 0 Å². The van der Waals surface area contributed by atoms with Crippen molar-refractivity contribution in [2.24, 2.45) is 5.92 Å². The van der Waals surface area contributed by atoms with E-state index in [1.54, 1.807) is 0 Å². The molecule has 0 aliphatic carbocycles. The Morgan fingerprint density at radius 1 is 1.29 bits per heavy atom. The van der Waals surface area contributed by atoms with E-state index in [0.29, 0.717) is 12.0 Å². The van der Waals surface area contributed by atoms with Crippen LogP contribution in [0.1, 0.15) is 20.3 Å². The minimum atomic E-state index is 0.605. The van der Waals surface area contributed by atoms with Crippen molar-refractivity contribution >= 4 is 0 Å². The topological polar surface area (TPSA) is 24.5 Å². The number of hydrogen-bond donors (Lipinski definition) is 1. The van der Waals surface area contributed by atoms with Crippen molar-refractivity contribution in [1.82, 2.24) is 10.2 Å². The SMILES string of the molecule is CNC(CN1CCCOCC1)C(C)C. The van der Waals surface area contributed by atoms with E-state index in [1.165, 1.54) is 13.0 Å². The van der Waals surface area contributed by atoms with Crippen LogP contribution in [0.3, 0.4) is 0 Å². The summed E-state index contributed by atoms with van der Waals surface area (Å²) < 4.78 is 5.44. The van der Waals surface area contributed by atoms with Gasteiger partial charge >= 0.3 is 0 Å². The summed E-state index contributed by atoms with van der Waals surface area (Å²) in [6, 6.07) is 0.605. The fourth-order valence-electron chi connectivity index (χ4n) is 1.89. The Balaban J connectivity index is 2.32. The smallest absolute Gasteiger partial charge is 0.0593 e. The predicted octanol–water partition coefficient (Wildman–Crippen LogP) is 0.953. The van der Waals surface area contributed by atoms with Crippen molar-refractivity contribution in [3.63, 3.8) is 0 Å². The summed E-state index contributed by atoms with van der Waals surface area (Å²) in [6.45, 7) is 9.80. The average Bonchev–Trinajstić information content (AvgIpc) is 2.41. The lowest BCUT2D eigenvalue weighted by Gasteiger charge is -2.28. The highest BCUT2D eigenvalue weighted by Gasteiger charge is 2.16. The van der Waals surface area contributed by atoms with E-state index in [4.69, 9.17) is 4.74 Å². The molecule has 1 saturated heterocycles. The van der Waals surface area contributed by atoms with Crippen molar-refractivity contribution in [3.05, 3.63) is 0 Å². The highest BCUT2D eigenvalue weighted by molar-refractivity contribution is 4.74. The first kappa shape index (κ1) is 12.0. The van der Waals surface area contributed by atoms with E-state index in [1.807, 2.05) is 0 Å². The van der Waals surface area contributed by atoms with Crippen LogP contribution >= 0.6 is 0 Å². The van der Waals surface area contributed by atoms with Crippen LogP contribution in [0.4, 0.5) is 0 Å². The molecule has 0 saturated carbocycles. The highest BCUT2D eigenvalue weighted by Crippen LogP contribution is 2.06. The van der Waals surface area contributed by atoms with Crippen LogP contribution in [0.15, 0.2) is 0 Å². The maximum absolute atomic E-state index is 5.44. The molecule has 84 valence electrons. The third-order valence-corrected chi connectivity index (χ3v) is 2.95. The fourth-order valence-corrected chi connectivity index (χ4v) is 1.89. The Morgan fingerprint density at radius 3 is 2.71 bits per heavy atom. The molecule has 1 unspecified atom stereocenters. The minimum Gasteiger partial charge on any atom is -0.380 e. The average molecular weight is 200 g/mol. The van der Waals surface area contributed by atoms with Crippen LogP contribution in [-0.4, -0.2) is 50.8 Å². The van der Waals surface area contributed by atoms with Crippen molar-refractivity contribution in [1.29, 1.82) is 0 Å². The summed E-state index contributed by atoms with van der Waals surface area (Å²) in [5.74, 6) is 0.698. The van der Waals surface area contributed by atoms with Gasteiger partial charge in [0.25, 0.3) is 0 Å². The molecule has 3 heteroatoms. The molecular weight excluding hydrogens is 176 g/mol. The molecule has 1 N–H and O–H groups in total. The zero-order valence-corrected chi connectivity index (χ0v) is 9.75. The zero-order chi connectivity index (χ0) is 10.4. The first-order valence-corrected chi connectivity index (χ1v) is 5.71. The van der Waals surface area contributed by atoms with Gasteiger partial charge in [0.2, 0.25) is 0 Å². The third-order valence-electron chi connectivity index (χ3n) is 2.95. The molecule has 0 spiro atoms. The van der Waals surface area contributed by atoms with Crippen LogP contribution in [0.25, 0.3) is 0 Å². The molecule has 1 fully saturated rings. The molecular formula is C11H24N2O. The van der Waals surface area contributed by atoms with Crippen LogP contribution in [-0.2, 0) is 4.74 Å². The van der Waals surface area contributed by atoms with Gasteiger partial charge in [0, 0.05) is 32.3 Å². The van der Waals surface area contributed by atoms with Gasteiger partial charge in [-0.05, 0) is 19.4 Å². The quantitative estimate of drug-likeness (QED) is 0.731. The van der Waals surface area contributed by atoms with E-state index in [2.05, 4.69) is 31.1 Å². The Bertz CT molecular complexity index is 142. The fraction of sp³-hybridized carbons (Fsp3) is 1.00. The van der Waals surface area contributed by atoms with Crippen LogP contribution < -0.4 is 5.32 Å². The molecule has 0 aromatic carbocycles. The van der Waals surface area contributed by atoms with Gasteiger partial charge in [-0.25, -0.2) is 0 Å². The lowest BCUT2D eigenvalue weighted by molar-refractivity contribution is 0.138. The summed E-state index contributed by atoms with van der Waals surface area (Å²) in [5, 5.41) is 3.39. The monoisotopic (exact) mass is 200 g/mol. The largest absolute Gasteiger partial charge is 0.380 e. The Labute approximate surface area is 87.8 Å². The highest BCUT2D eigenvalue weighted by atomic mass is 16.5. The number of rotatable bonds is 4. The number of likely N-dealkylation sites (N-methyl/N-ethyl adjacent to an activating group) is 1. The van der Waals surface area contributed by atoms with Gasteiger partial charge < -0.3 is 10.1 Å². The molecule has 1 rings (SSSR count). The molecule has 0 bridgehead atoms. The number of nitrogens with zero attached hydrogens (tertiary/aromatic N) is 1. The molecule has 0 aromatic heterocycles. The van der Waals surface area contributed by atoms with Crippen molar-refractivity contribution in [3.8, 4) is 0 Å². The second-order valence-corrected chi connectivity index (χ2v) is 4.41. The van der Waals surface area contributed by atoms with Gasteiger partial charge in [-0.1, -0.05) is 13.8 Å². The number of nitrogens with one attached hydrogen (secondary N) is 1. The van der Waals surface area contributed by atoms with E-state index >= 15 is 0 Å². The molecule has 3 nitrogen and oxygen atoms in total. The maximum Gasteiger partial charge on any atom is 0.0593 e. The summed E-state index contributed by atoms with van der Waals surface area (Å²) >= 11 is 0. The molecule has 1 atom stereocenters. The molecule has 1 aliphatic heterocycles. The first-order chi connectivity index (χ1) is 6.74. The van der Waals surface area contributed by atoms with Gasteiger partial charge in [0.15, 0.2) is 0 Å². The van der Waals surface area contributed by atoms with Crippen LogP contribution in [0.2, 0.25) is 0 Å². The zero-order valence-electron chi connectivity index (χ0n) is 9.75. The Morgan fingerprint density at radius 2 is 2.07 bits per heavy atom. The lowest BCUT2D eigenvalue weighted by atomic mass is 10.0. The van der Waals surface area contributed by atoms with Gasteiger partial charge in [-0.3, -0.25) is 4.90 Å². The number of ether oxygens (including phenoxy) is 1. The van der Waals surface area contributed by atoms with Crippen molar-refractivity contribution in [2.45, 2.75) is 26.3 Å². The minimum absolute atomic E-state index is 0.605. The van der Waals surface area contributed by atoms with Gasteiger partial charge in [-0.15, -0.1) is 0 Å². The third kappa shape index (κ3) is 3.95. The van der Waals surface area contributed by atoms with Crippen molar-refractivity contribution < 1.29 is 4.74 Å². The van der Waals surface area contributed by atoms with Crippen LogP contribution in [0.5, 0.6) is 0 Å². The normalized spacial score (nSPS) is 22.3. The first-order valence-electron chi connectivity index (χ1n) is 5.71. The molecule has 14 heavy (non-hydrogen) atoms. The van der Waals surface area contributed by atoms with Crippen LogP contribution in [0, 0.1) is 5.92 Å². The maximum atomic E-state index is 5.44. The summed E-state index contributed by atoms with van der Waals surface area (Å²) in [6.07, 6.45) is 1.18. The summed E-state index contributed by atoms with van der Waals surface area (Å²) in [4.78, 5) is 2.51. The second-order valence-electron chi connectivity index (χ2n) is 4.41. The molecule has 0 aromatic rings. The van der Waals surface area contributed by atoms with Gasteiger partial charge in [0.05, 0.1) is 6.61 Å². The molecule has 1 heterocycles. The van der Waals surface area contributed by atoms with E-state index in [9.17, 15) is 0 Å². The standard InChI is InChI=1S/C11H24N2O/c1-10(2)11(12-3)9-13-5-4-7-14-8-6-13/h10-12H,4-9H2,1-3H3. The van der Waals surface area contributed by atoms with Gasteiger partial charge in [0.1, 0.15) is 0 Å². The van der Waals surface area contributed by atoms with E-state index in [0.717, 1.165) is 26.3 Å². The van der Waals surface area contributed by atoms with E-state index < -0.39 is 0 Å². The molecule has 1 aliphatic rings. The van der Waals surface area contributed by atoms with E-state index in [-0.39, 0.29) is 0 Å². The Hall–Kier alpha value is -0.120. The van der Waals surface area contributed by atoms with Crippen molar-refractivity contribution in [2.75, 3.05) is 39.9 Å². The lowest BCUT2D eigenvalue weighted by Crippen LogP contribution is -2.43. The summed E-state index contributed by atoms with van der Waals surface area (Å²) in [5.41, 5.74) is 0. The summed E-state index contributed by atoms with van der Waals surface area (Å²) in [7, 11) is 2.05. The Kier molecular flexibility index (Phi) is 5.45. The molecule has 0 amide bonds. The number of hydrogen-bond acceptors (Lipinski definition) is 3. The second kappa shape index (κ2) is 6.38. The predicted molar refractivity (Wildman–Crippen MR) is 59.6 cm³/mol.